The molecule has 0 saturated heterocycles. The molecule has 2 aromatic rings. The summed E-state index contributed by atoms with van der Waals surface area (Å²) in [5.74, 6) is -0.377. The van der Waals surface area contributed by atoms with E-state index in [1.807, 2.05) is 6.92 Å². The molecular formula is C18H24N4O3S. The van der Waals surface area contributed by atoms with E-state index in [2.05, 4.69) is 28.3 Å². The Kier molecular flexibility index (Phi) is 5.43. The number of aromatic amines is 1. The fraction of sp³-hybridized carbons (Fsp3) is 0.500. The lowest BCUT2D eigenvalue weighted by Gasteiger charge is -2.34. The van der Waals surface area contributed by atoms with Crippen molar-refractivity contribution in [3.63, 3.8) is 0 Å². The summed E-state index contributed by atoms with van der Waals surface area (Å²) >= 11 is 1.75. The smallest absolute Gasteiger partial charge is 0.329 e. The molecule has 8 heteroatoms. The molecule has 1 atom stereocenters. The van der Waals surface area contributed by atoms with Crippen LogP contribution in [-0.2, 0) is 13.0 Å². The molecule has 3 heterocycles. The Hall–Kier alpha value is -2.19. The first kappa shape index (κ1) is 18.6. The van der Waals surface area contributed by atoms with Crippen molar-refractivity contribution in [1.29, 1.82) is 0 Å². The van der Waals surface area contributed by atoms with Crippen LogP contribution in [0.4, 0.5) is 5.82 Å². The second-order valence-electron chi connectivity index (χ2n) is 6.54. The topological polar surface area (TPSA) is 101 Å². The lowest BCUT2D eigenvalue weighted by molar-refractivity contribution is 0.0876. The molecule has 3 rings (SSSR count). The number of nitrogens with two attached hydrogens (primary N) is 1. The quantitative estimate of drug-likeness (QED) is 0.749. The van der Waals surface area contributed by atoms with Crippen molar-refractivity contribution in [3.8, 4) is 0 Å². The van der Waals surface area contributed by atoms with Crippen molar-refractivity contribution in [2.75, 3.05) is 18.8 Å². The number of rotatable bonds is 6. The Morgan fingerprint density at radius 2 is 2.15 bits per heavy atom. The van der Waals surface area contributed by atoms with E-state index in [1.54, 1.807) is 11.3 Å². The molecule has 1 aliphatic heterocycles. The van der Waals surface area contributed by atoms with Crippen LogP contribution in [0.25, 0.3) is 0 Å². The SMILES string of the molecule is CCCn1c(N)c(C(=O)CN2CCc3sccc3C2CC)c(=O)[nH]c1=O. The molecule has 0 bridgehead atoms. The number of nitrogen functional groups attached to an aromatic ring is 1. The molecular weight excluding hydrogens is 352 g/mol. The summed E-state index contributed by atoms with van der Waals surface area (Å²) in [6.45, 7) is 5.24. The zero-order valence-corrected chi connectivity index (χ0v) is 15.9. The van der Waals surface area contributed by atoms with Crippen molar-refractivity contribution in [2.24, 2.45) is 0 Å². The average Bonchev–Trinajstić information content (AvgIpc) is 3.07. The van der Waals surface area contributed by atoms with Gasteiger partial charge in [-0.3, -0.25) is 24.0 Å². The van der Waals surface area contributed by atoms with E-state index in [-0.39, 0.29) is 29.8 Å². The predicted molar refractivity (Wildman–Crippen MR) is 103 cm³/mol. The van der Waals surface area contributed by atoms with Gasteiger partial charge in [-0.25, -0.2) is 4.79 Å². The van der Waals surface area contributed by atoms with Crippen LogP contribution in [0.3, 0.4) is 0 Å². The number of thiophene rings is 1. The first-order valence-corrected chi connectivity index (χ1v) is 9.81. The molecule has 0 spiro atoms. The molecule has 1 aliphatic rings. The highest BCUT2D eigenvalue weighted by Gasteiger charge is 2.30. The van der Waals surface area contributed by atoms with Crippen LogP contribution in [0.1, 0.15) is 53.5 Å². The molecule has 0 aliphatic carbocycles. The average molecular weight is 376 g/mol. The summed E-state index contributed by atoms with van der Waals surface area (Å²) < 4.78 is 1.26. The molecule has 0 radical (unpaired) electrons. The van der Waals surface area contributed by atoms with Crippen LogP contribution in [0.15, 0.2) is 21.0 Å². The van der Waals surface area contributed by atoms with E-state index in [4.69, 9.17) is 5.73 Å². The van der Waals surface area contributed by atoms with Crippen LogP contribution < -0.4 is 17.0 Å². The molecule has 0 saturated carbocycles. The largest absolute Gasteiger partial charge is 0.384 e. The minimum Gasteiger partial charge on any atom is -0.384 e. The van der Waals surface area contributed by atoms with E-state index in [1.165, 1.54) is 15.0 Å². The second-order valence-corrected chi connectivity index (χ2v) is 7.54. The monoisotopic (exact) mass is 376 g/mol. The van der Waals surface area contributed by atoms with Crippen molar-refractivity contribution in [3.05, 3.63) is 48.3 Å². The number of nitrogens with one attached hydrogen (secondary N) is 1. The summed E-state index contributed by atoms with van der Waals surface area (Å²) in [6.07, 6.45) is 2.46. The number of aromatic nitrogens is 2. The van der Waals surface area contributed by atoms with Gasteiger partial charge in [-0.05, 0) is 36.3 Å². The molecule has 7 nitrogen and oxygen atoms in total. The molecule has 0 amide bonds. The Balaban J connectivity index is 1.90. The predicted octanol–water partition coefficient (Wildman–Crippen LogP) is 1.78. The lowest BCUT2D eigenvalue weighted by atomic mass is 9.97. The van der Waals surface area contributed by atoms with Gasteiger partial charge in [-0.1, -0.05) is 13.8 Å². The van der Waals surface area contributed by atoms with Gasteiger partial charge in [-0.15, -0.1) is 11.3 Å². The summed E-state index contributed by atoms with van der Waals surface area (Å²) in [4.78, 5) is 42.7. The summed E-state index contributed by atoms with van der Waals surface area (Å²) in [5, 5.41) is 2.09. The van der Waals surface area contributed by atoms with E-state index < -0.39 is 11.2 Å². The number of hydrogen-bond acceptors (Lipinski definition) is 6. The van der Waals surface area contributed by atoms with Crippen LogP contribution in [0.2, 0.25) is 0 Å². The fourth-order valence-electron chi connectivity index (χ4n) is 3.68. The normalized spacial score (nSPS) is 17.2. The van der Waals surface area contributed by atoms with Crippen LogP contribution in [0, 0.1) is 0 Å². The number of carbonyl (C=O) groups is 1. The first-order valence-electron chi connectivity index (χ1n) is 8.94. The Morgan fingerprint density at radius 3 is 2.85 bits per heavy atom. The van der Waals surface area contributed by atoms with Crippen molar-refractivity contribution >= 4 is 22.9 Å². The molecule has 26 heavy (non-hydrogen) atoms. The van der Waals surface area contributed by atoms with E-state index in [0.717, 1.165) is 19.4 Å². The zero-order valence-electron chi connectivity index (χ0n) is 15.1. The van der Waals surface area contributed by atoms with Gasteiger partial charge < -0.3 is 5.73 Å². The number of anilines is 1. The summed E-state index contributed by atoms with van der Waals surface area (Å²) in [7, 11) is 0. The Labute approximate surface area is 155 Å². The van der Waals surface area contributed by atoms with Crippen molar-refractivity contribution < 1.29 is 4.79 Å². The number of Topliss-reactive ketones (excluding diaryl/α,β-unsaturated/α-hetero) is 1. The van der Waals surface area contributed by atoms with Gasteiger partial charge >= 0.3 is 5.69 Å². The molecule has 2 aromatic heterocycles. The maximum atomic E-state index is 12.9. The molecule has 140 valence electrons. The molecule has 1 unspecified atom stereocenters. The number of carbonyl (C=O) groups excluding carboxylic acids is 1. The highest BCUT2D eigenvalue weighted by Crippen LogP contribution is 2.35. The minimum absolute atomic E-state index is 0.0353. The van der Waals surface area contributed by atoms with E-state index in [9.17, 15) is 14.4 Å². The third-order valence-corrected chi connectivity index (χ3v) is 5.90. The van der Waals surface area contributed by atoms with Gasteiger partial charge in [0, 0.05) is 24.0 Å². The van der Waals surface area contributed by atoms with Gasteiger partial charge in [-0.2, -0.15) is 0 Å². The van der Waals surface area contributed by atoms with E-state index in [0.29, 0.717) is 13.0 Å². The van der Waals surface area contributed by atoms with Gasteiger partial charge in [0.25, 0.3) is 5.56 Å². The number of fused-ring (bicyclic) bond motifs is 1. The van der Waals surface area contributed by atoms with Gasteiger partial charge in [0.05, 0.1) is 6.54 Å². The third-order valence-electron chi connectivity index (χ3n) is 4.90. The molecule has 0 aromatic carbocycles. The summed E-state index contributed by atoms with van der Waals surface area (Å²) in [6, 6.07) is 2.28. The first-order chi connectivity index (χ1) is 12.5. The summed E-state index contributed by atoms with van der Waals surface area (Å²) in [5.41, 5.74) is 5.90. The third kappa shape index (κ3) is 3.26. The zero-order chi connectivity index (χ0) is 18.8. The number of nitrogens with zero attached hydrogens (tertiary/aromatic N) is 2. The fourth-order valence-corrected chi connectivity index (χ4v) is 4.61. The highest BCUT2D eigenvalue weighted by molar-refractivity contribution is 7.10. The van der Waals surface area contributed by atoms with Crippen LogP contribution >= 0.6 is 11.3 Å². The van der Waals surface area contributed by atoms with E-state index >= 15 is 0 Å². The Bertz CT molecular complexity index is 927. The van der Waals surface area contributed by atoms with Crippen LogP contribution in [-0.4, -0.2) is 33.3 Å². The maximum absolute atomic E-state index is 12.9. The molecule has 3 N–H and O–H groups in total. The van der Waals surface area contributed by atoms with Crippen LogP contribution in [0.5, 0.6) is 0 Å². The number of H-pyrrole nitrogens is 1. The van der Waals surface area contributed by atoms with Gasteiger partial charge in [0.2, 0.25) is 0 Å². The van der Waals surface area contributed by atoms with Gasteiger partial charge in [0.1, 0.15) is 11.4 Å². The highest BCUT2D eigenvalue weighted by atomic mass is 32.1. The maximum Gasteiger partial charge on any atom is 0.329 e. The second kappa shape index (κ2) is 7.59. The van der Waals surface area contributed by atoms with Crippen molar-refractivity contribution in [1.82, 2.24) is 14.5 Å². The van der Waals surface area contributed by atoms with Gasteiger partial charge in [0.15, 0.2) is 5.78 Å². The minimum atomic E-state index is -0.703. The number of ketones is 1. The van der Waals surface area contributed by atoms with Crippen molar-refractivity contribution in [2.45, 2.75) is 45.7 Å². The Morgan fingerprint density at radius 1 is 1.38 bits per heavy atom. The lowest BCUT2D eigenvalue weighted by Crippen LogP contribution is -2.42. The standard InChI is InChI=1S/C18H24N4O3S/c1-3-7-22-16(19)15(17(24)20-18(22)25)13(23)10-21-8-5-14-11(6-9-26-14)12(21)4-2/h6,9,12H,3-5,7-8,10,19H2,1-2H3,(H,20,24,25). The number of hydrogen-bond donors (Lipinski definition) is 2. The molecule has 0 fully saturated rings.